The van der Waals surface area contributed by atoms with Crippen molar-refractivity contribution in [1.29, 1.82) is 0 Å². The highest BCUT2D eigenvalue weighted by molar-refractivity contribution is 6.31. The maximum Gasteiger partial charge on any atom is 0.422 e. The third kappa shape index (κ3) is 4.82. The SMILES string of the molecule is CC(Nc1nccc(N2C(=O)OC(C)(C)C2(C)C)n1)c1cnc(OCC(F)(F)F)c(Cl)c1. The summed E-state index contributed by atoms with van der Waals surface area (Å²) in [5.74, 6) is 0.287. The van der Waals surface area contributed by atoms with E-state index in [2.05, 4.69) is 25.0 Å². The summed E-state index contributed by atoms with van der Waals surface area (Å²) in [5.41, 5.74) is -0.815. The van der Waals surface area contributed by atoms with Gasteiger partial charge in [0.25, 0.3) is 0 Å². The molecule has 2 aromatic rings. The van der Waals surface area contributed by atoms with Crippen LogP contribution in [0.25, 0.3) is 0 Å². The molecule has 1 saturated heterocycles. The van der Waals surface area contributed by atoms with Gasteiger partial charge in [0.2, 0.25) is 11.8 Å². The molecule has 0 saturated carbocycles. The van der Waals surface area contributed by atoms with Crippen LogP contribution in [0.2, 0.25) is 5.02 Å². The van der Waals surface area contributed by atoms with Crippen LogP contribution in [0.5, 0.6) is 5.88 Å². The molecule has 3 heterocycles. The van der Waals surface area contributed by atoms with Crippen molar-refractivity contribution >= 4 is 29.5 Å². The van der Waals surface area contributed by atoms with Gasteiger partial charge < -0.3 is 14.8 Å². The lowest BCUT2D eigenvalue weighted by Crippen LogP contribution is -2.51. The summed E-state index contributed by atoms with van der Waals surface area (Å²) in [6, 6.07) is 2.65. The lowest BCUT2D eigenvalue weighted by atomic mass is 9.85. The number of ether oxygens (including phenoxy) is 2. The predicted molar refractivity (Wildman–Crippen MR) is 112 cm³/mol. The fourth-order valence-corrected chi connectivity index (χ4v) is 3.25. The molecule has 1 unspecified atom stereocenters. The third-order valence-electron chi connectivity index (χ3n) is 5.47. The van der Waals surface area contributed by atoms with Crippen molar-refractivity contribution in [3.8, 4) is 5.88 Å². The highest BCUT2D eigenvalue weighted by Gasteiger charge is 2.55. The quantitative estimate of drug-likeness (QED) is 0.620. The number of nitrogens with zero attached hydrogens (tertiary/aromatic N) is 4. The average molecular weight is 474 g/mol. The molecule has 1 aliphatic heterocycles. The molecular weight excluding hydrogens is 451 g/mol. The van der Waals surface area contributed by atoms with Crippen LogP contribution >= 0.6 is 11.6 Å². The summed E-state index contributed by atoms with van der Waals surface area (Å²) < 4.78 is 47.1. The van der Waals surface area contributed by atoms with E-state index in [0.29, 0.717) is 11.4 Å². The number of anilines is 2. The Morgan fingerprint density at radius 3 is 2.53 bits per heavy atom. The number of aromatic nitrogens is 3. The first kappa shape index (κ1) is 23.8. The summed E-state index contributed by atoms with van der Waals surface area (Å²) in [6.45, 7) is 7.70. The minimum absolute atomic E-state index is 0.0566. The first-order chi connectivity index (χ1) is 14.7. The molecule has 1 aliphatic rings. The Labute approximate surface area is 188 Å². The first-order valence-electron chi connectivity index (χ1n) is 9.69. The number of carbonyl (C=O) groups excluding carboxylic acids is 1. The zero-order chi connectivity index (χ0) is 23.9. The zero-order valence-corrected chi connectivity index (χ0v) is 18.9. The van der Waals surface area contributed by atoms with Crippen LogP contribution in [0.1, 0.15) is 46.2 Å². The highest BCUT2D eigenvalue weighted by Crippen LogP contribution is 2.41. The Hall–Kier alpha value is -2.82. The van der Waals surface area contributed by atoms with E-state index < -0.39 is 36.1 Å². The van der Waals surface area contributed by atoms with Gasteiger partial charge >= 0.3 is 12.3 Å². The van der Waals surface area contributed by atoms with Crippen LogP contribution in [0, 0.1) is 0 Å². The molecule has 1 amide bonds. The van der Waals surface area contributed by atoms with E-state index in [-0.39, 0.29) is 16.9 Å². The lowest BCUT2D eigenvalue weighted by molar-refractivity contribution is -0.154. The van der Waals surface area contributed by atoms with Crippen LogP contribution in [0.15, 0.2) is 24.5 Å². The Morgan fingerprint density at radius 1 is 1.28 bits per heavy atom. The van der Waals surface area contributed by atoms with Gasteiger partial charge in [0.1, 0.15) is 16.4 Å². The second-order valence-electron chi connectivity index (χ2n) is 8.34. The number of alkyl halides is 3. The van der Waals surface area contributed by atoms with E-state index in [1.807, 2.05) is 27.7 Å². The van der Waals surface area contributed by atoms with Gasteiger partial charge in [0.05, 0.1) is 11.6 Å². The number of rotatable bonds is 6. The van der Waals surface area contributed by atoms with Crippen LogP contribution in [0.4, 0.5) is 29.7 Å². The molecule has 3 rings (SSSR count). The van der Waals surface area contributed by atoms with Crippen LogP contribution in [0.3, 0.4) is 0 Å². The largest absolute Gasteiger partial charge is 0.467 e. The molecule has 32 heavy (non-hydrogen) atoms. The van der Waals surface area contributed by atoms with Crippen LogP contribution < -0.4 is 15.0 Å². The van der Waals surface area contributed by atoms with Gasteiger partial charge in [-0.3, -0.25) is 4.90 Å². The Bertz CT molecular complexity index is 1020. The van der Waals surface area contributed by atoms with E-state index in [9.17, 15) is 18.0 Å². The maximum absolute atomic E-state index is 12.5. The fraction of sp³-hybridized carbons (Fsp3) is 0.500. The molecule has 174 valence electrons. The van der Waals surface area contributed by atoms with E-state index in [1.165, 1.54) is 23.4 Å². The Morgan fingerprint density at radius 2 is 1.97 bits per heavy atom. The van der Waals surface area contributed by atoms with Gasteiger partial charge in [-0.05, 0) is 52.3 Å². The van der Waals surface area contributed by atoms with Crippen molar-refractivity contribution in [3.63, 3.8) is 0 Å². The normalized spacial score (nSPS) is 18.3. The molecule has 1 atom stereocenters. The topological polar surface area (TPSA) is 89.5 Å². The molecule has 1 fully saturated rings. The number of nitrogens with one attached hydrogen (secondary N) is 1. The summed E-state index contributed by atoms with van der Waals surface area (Å²) >= 11 is 6.02. The zero-order valence-electron chi connectivity index (χ0n) is 18.1. The lowest BCUT2D eigenvalue weighted by Gasteiger charge is -2.36. The van der Waals surface area contributed by atoms with E-state index in [0.717, 1.165) is 0 Å². The number of hydrogen-bond donors (Lipinski definition) is 1. The molecule has 8 nitrogen and oxygen atoms in total. The predicted octanol–water partition coefficient (Wildman–Crippen LogP) is 5.15. The van der Waals surface area contributed by atoms with E-state index in [1.54, 1.807) is 13.0 Å². The summed E-state index contributed by atoms with van der Waals surface area (Å²) in [4.78, 5) is 26.4. The summed E-state index contributed by atoms with van der Waals surface area (Å²) in [7, 11) is 0. The number of halogens is 4. The Kier molecular flexibility index (Phi) is 6.16. The third-order valence-corrected chi connectivity index (χ3v) is 5.74. The number of pyridine rings is 1. The molecule has 0 radical (unpaired) electrons. The second kappa shape index (κ2) is 8.27. The van der Waals surface area contributed by atoms with Crippen LogP contribution in [-0.4, -0.2) is 45.0 Å². The van der Waals surface area contributed by atoms with Crippen molar-refractivity contribution < 1.29 is 27.4 Å². The number of amides is 1. The van der Waals surface area contributed by atoms with Gasteiger partial charge in [-0.1, -0.05) is 11.6 Å². The smallest absolute Gasteiger partial charge is 0.422 e. The molecule has 1 N–H and O–H groups in total. The van der Waals surface area contributed by atoms with Crippen molar-refractivity contribution in [2.75, 3.05) is 16.8 Å². The standard InChI is InChI=1S/C20H23ClF3N5O3/c1-11(12-8-13(21)15(26-9-12)31-10-20(22,23)24)27-16-25-7-6-14(28-16)29-17(30)32-19(4,5)18(29,2)3/h6-9,11H,10H2,1-5H3,(H,25,27,28). The average Bonchev–Trinajstić information content (AvgIpc) is 2.82. The first-order valence-corrected chi connectivity index (χ1v) is 10.1. The van der Waals surface area contributed by atoms with Gasteiger partial charge in [-0.2, -0.15) is 18.2 Å². The fourth-order valence-electron chi connectivity index (χ4n) is 3.02. The minimum atomic E-state index is -4.49. The van der Waals surface area contributed by atoms with E-state index >= 15 is 0 Å². The minimum Gasteiger partial charge on any atom is -0.467 e. The molecule has 12 heteroatoms. The monoisotopic (exact) mass is 473 g/mol. The Balaban J connectivity index is 1.76. The van der Waals surface area contributed by atoms with Gasteiger partial charge in [-0.25, -0.2) is 14.8 Å². The van der Waals surface area contributed by atoms with Crippen molar-refractivity contribution in [3.05, 3.63) is 35.1 Å². The summed E-state index contributed by atoms with van der Waals surface area (Å²) in [5, 5.41) is 3.01. The molecule has 0 aliphatic carbocycles. The number of hydrogen-bond acceptors (Lipinski definition) is 7. The van der Waals surface area contributed by atoms with Crippen molar-refractivity contribution in [2.45, 2.75) is 58.0 Å². The molecule has 0 bridgehead atoms. The summed E-state index contributed by atoms with van der Waals surface area (Å²) in [6.07, 6.45) is -2.15. The molecule has 2 aromatic heterocycles. The molecular formula is C20H23ClF3N5O3. The highest BCUT2D eigenvalue weighted by atomic mass is 35.5. The maximum atomic E-state index is 12.5. The van der Waals surface area contributed by atoms with Crippen molar-refractivity contribution in [2.24, 2.45) is 0 Å². The van der Waals surface area contributed by atoms with Crippen LogP contribution in [-0.2, 0) is 4.74 Å². The van der Waals surface area contributed by atoms with Gasteiger partial charge in [0, 0.05) is 12.4 Å². The number of cyclic esters (lactones) is 1. The second-order valence-corrected chi connectivity index (χ2v) is 8.74. The number of carbonyl (C=O) groups is 1. The van der Waals surface area contributed by atoms with Gasteiger partial charge in [-0.15, -0.1) is 0 Å². The van der Waals surface area contributed by atoms with Crippen molar-refractivity contribution in [1.82, 2.24) is 15.0 Å². The van der Waals surface area contributed by atoms with E-state index in [4.69, 9.17) is 16.3 Å². The molecule has 0 aromatic carbocycles. The molecule has 0 spiro atoms. The van der Waals surface area contributed by atoms with Gasteiger partial charge in [0.15, 0.2) is 6.61 Å².